The van der Waals surface area contributed by atoms with Crippen LogP contribution < -0.4 is 0 Å². The molecule has 0 saturated carbocycles. The fourth-order valence-corrected chi connectivity index (χ4v) is 1.62. The lowest BCUT2D eigenvalue weighted by molar-refractivity contribution is 0.317. The van der Waals surface area contributed by atoms with Gasteiger partial charge < -0.3 is 0 Å². The minimum atomic E-state index is 0.784. The van der Waals surface area contributed by atoms with Crippen molar-refractivity contribution in [2.45, 2.75) is 53.9 Å². The van der Waals surface area contributed by atoms with Gasteiger partial charge in [0.15, 0.2) is 0 Å². The molecule has 0 nitrogen and oxygen atoms in total. The molecule has 0 bridgehead atoms. The van der Waals surface area contributed by atoms with E-state index in [9.17, 15) is 0 Å². The average molecular weight is 182 g/mol. The Labute approximate surface area is 84.4 Å². The molecule has 0 amide bonds. The number of allylic oxidation sites excluding steroid dienone is 2. The Hall–Kier alpha value is -0.260. The zero-order valence-electron chi connectivity index (χ0n) is 10.0. The maximum atomic E-state index is 2.42. The summed E-state index contributed by atoms with van der Waals surface area (Å²) in [6.45, 7) is 11.5. The molecule has 0 heterocycles. The van der Waals surface area contributed by atoms with Crippen molar-refractivity contribution < 1.29 is 0 Å². The lowest BCUT2D eigenvalue weighted by atomic mass is 9.83. The molecule has 0 aliphatic carbocycles. The van der Waals surface area contributed by atoms with Crippen molar-refractivity contribution in [3.8, 4) is 0 Å². The predicted molar refractivity (Wildman–Crippen MR) is 61.8 cm³/mol. The molecule has 0 saturated heterocycles. The van der Waals surface area contributed by atoms with Gasteiger partial charge in [0.25, 0.3) is 0 Å². The van der Waals surface area contributed by atoms with E-state index in [1.54, 1.807) is 0 Å². The Balaban J connectivity index is 4.01. The number of rotatable bonds is 6. The molecule has 0 aromatic carbocycles. The van der Waals surface area contributed by atoms with Crippen molar-refractivity contribution in [3.63, 3.8) is 0 Å². The highest BCUT2D eigenvalue weighted by Gasteiger charge is 2.15. The minimum Gasteiger partial charge on any atom is -0.0883 e. The van der Waals surface area contributed by atoms with Gasteiger partial charge in [-0.2, -0.15) is 0 Å². The van der Waals surface area contributed by atoms with Crippen molar-refractivity contribution in [2.75, 3.05) is 0 Å². The van der Waals surface area contributed by atoms with Gasteiger partial charge in [-0.05, 0) is 30.6 Å². The normalized spacial score (nSPS) is 16.8. The van der Waals surface area contributed by atoms with Crippen molar-refractivity contribution in [3.05, 3.63) is 12.2 Å². The Morgan fingerprint density at radius 2 is 1.69 bits per heavy atom. The van der Waals surface area contributed by atoms with Gasteiger partial charge in [-0.15, -0.1) is 0 Å². The average Bonchev–Trinajstić information content (AvgIpc) is 2.11. The number of hydrogen-bond donors (Lipinski definition) is 0. The molecule has 13 heavy (non-hydrogen) atoms. The van der Waals surface area contributed by atoms with Gasteiger partial charge in [-0.25, -0.2) is 0 Å². The van der Waals surface area contributed by atoms with Gasteiger partial charge in [-0.3, -0.25) is 0 Å². The fourth-order valence-electron chi connectivity index (χ4n) is 1.62. The second kappa shape index (κ2) is 7.17. The molecule has 0 aromatic heterocycles. The third-order valence-corrected chi connectivity index (χ3v) is 3.04. The molecule has 0 aromatic rings. The summed E-state index contributed by atoms with van der Waals surface area (Å²) in [7, 11) is 0. The highest BCUT2D eigenvalue weighted by atomic mass is 14.2. The van der Waals surface area contributed by atoms with Gasteiger partial charge in [0.1, 0.15) is 0 Å². The first-order valence-corrected chi connectivity index (χ1v) is 5.80. The van der Waals surface area contributed by atoms with Crippen LogP contribution in [0.2, 0.25) is 0 Å². The molecule has 0 fully saturated rings. The van der Waals surface area contributed by atoms with Crippen LogP contribution in [0.1, 0.15) is 53.9 Å². The van der Waals surface area contributed by atoms with Crippen molar-refractivity contribution in [1.82, 2.24) is 0 Å². The molecular formula is C13H26. The first kappa shape index (κ1) is 12.7. The molecular weight excluding hydrogens is 156 g/mol. The monoisotopic (exact) mass is 182 g/mol. The van der Waals surface area contributed by atoms with Crippen molar-refractivity contribution in [2.24, 2.45) is 17.8 Å². The quantitative estimate of drug-likeness (QED) is 0.524. The SMILES string of the molecule is CCCC=CC(CC)C(C)C(C)C. The summed E-state index contributed by atoms with van der Waals surface area (Å²) < 4.78 is 0. The van der Waals surface area contributed by atoms with Crippen LogP contribution >= 0.6 is 0 Å². The smallest absolute Gasteiger partial charge is 0.0208 e. The zero-order valence-corrected chi connectivity index (χ0v) is 10.0. The summed E-state index contributed by atoms with van der Waals surface area (Å²) >= 11 is 0. The maximum Gasteiger partial charge on any atom is -0.0208 e. The van der Waals surface area contributed by atoms with Crippen LogP contribution in [-0.2, 0) is 0 Å². The van der Waals surface area contributed by atoms with E-state index in [0.717, 1.165) is 17.8 Å². The Bertz CT molecular complexity index is 133. The third kappa shape index (κ3) is 5.13. The molecule has 2 atom stereocenters. The predicted octanol–water partition coefficient (Wildman–Crippen LogP) is 4.66. The largest absolute Gasteiger partial charge is 0.0883 e. The maximum absolute atomic E-state index is 2.42. The van der Waals surface area contributed by atoms with Crippen LogP contribution in [0.3, 0.4) is 0 Å². The zero-order chi connectivity index (χ0) is 10.3. The molecule has 0 heteroatoms. The molecule has 0 rings (SSSR count). The summed E-state index contributed by atoms with van der Waals surface area (Å²) in [6, 6.07) is 0. The number of hydrogen-bond acceptors (Lipinski definition) is 0. The Morgan fingerprint density at radius 1 is 1.08 bits per heavy atom. The topological polar surface area (TPSA) is 0 Å². The summed E-state index contributed by atoms with van der Waals surface area (Å²) in [4.78, 5) is 0. The first-order chi connectivity index (χ1) is 6.13. The second-order valence-corrected chi connectivity index (χ2v) is 4.39. The van der Waals surface area contributed by atoms with Crippen LogP contribution in [0.4, 0.5) is 0 Å². The van der Waals surface area contributed by atoms with E-state index in [2.05, 4.69) is 46.8 Å². The molecule has 78 valence electrons. The third-order valence-electron chi connectivity index (χ3n) is 3.04. The summed E-state index contributed by atoms with van der Waals surface area (Å²) in [5.74, 6) is 2.40. The molecule has 0 N–H and O–H groups in total. The van der Waals surface area contributed by atoms with E-state index in [1.165, 1.54) is 19.3 Å². The van der Waals surface area contributed by atoms with E-state index in [1.807, 2.05) is 0 Å². The van der Waals surface area contributed by atoms with Crippen LogP contribution in [0.5, 0.6) is 0 Å². The highest BCUT2D eigenvalue weighted by Crippen LogP contribution is 2.24. The summed E-state index contributed by atoms with van der Waals surface area (Å²) in [5.41, 5.74) is 0. The van der Waals surface area contributed by atoms with Gasteiger partial charge in [0, 0.05) is 0 Å². The van der Waals surface area contributed by atoms with Gasteiger partial charge in [0.2, 0.25) is 0 Å². The molecule has 2 unspecified atom stereocenters. The van der Waals surface area contributed by atoms with Gasteiger partial charge in [-0.1, -0.05) is 53.2 Å². The first-order valence-electron chi connectivity index (χ1n) is 5.80. The van der Waals surface area contributed by atoms with Crippen LogP contribution in [0, 0.1) is 17.8 Å². The van der Waals surface area contributed by atoms with Gasteiger partial charge in [0.05, 0.1) is 0 Å². The van der Waals surface area contributed by atoms with E-state index in [-0.39, 0.29) is 0 Å². The fraction of sp³-hybridized carbons (Fsp3) is 0.846. The minimum absolute atomic E-state index is 0.784. The highest BCUT2D eigenvalue weighted by molar-refractivity contribution is 4.90. The lowest BCUT2D eigenvalue weighted by Crippen LogP contribution is -2.14. The van der Waals surface area contributed by atoms with E-state index < -0.39 is 0 Å². The molecule has 0 radical (unpaired) electrons. The van der Waals surface area contributed by atoms with Crippen molar-refractivity contribution >= 4 is 0 Å². The van der Waals surface area contributed by atoms with Crippen LogP contribution in [-0.4, -0.2) is 0 Å². The Kier molecular flexibility index (Phi) is 7.03. The summed E-state index contributed by atoms with van der Waals surface area (Å²) in [6.07, 6.45) is 8.56. The Morgan fingerprint density at radius 3 is 2.08 bits per heavy atom. The molecule has 0 spiro atoms. The second-order valence-electron chi connectivity index (χ2n) is 4.39. The molecule has 0 aliphatic rings. The van der Waals surface area contributed by atoms with Crippen molar-refractivity contribution in [1.29, 1.82) is 0 Å². The van der Waals surface area contributed by atoms with Crippen LogP contribution in [0.15, 0.2) is 12.2 Å². The number of unbranched alkanes of at least 4 members (excludes halogenated alkanes) is 1. The lowest BCUT2D eigenvalue weighted by Gasteiger charge is -2.23. The van der Waals surface area contributed by atoms with Crippen LogP contribution in [0.25, 0.3) is 0 Å². The standard InChI is InChI=1S/C13H26/c1-6-8-9-10-13(7-2)12(5)11(3)4/h9-13H,6-8H2,1-5H3. The molecule has 0 aliphatic heterocycles. The summed E-state index contributed by atoms with van der Waals surface area (Å²) in [5, 5.41) is 0. The van der Waals surface area contributed by atoms with E-state index in [0.29, 0.717) is 0 Å². The van der Waals surface area contributed by atoms with E-state index in [4.69, 9.17) is 0 Å². The van der Waals surface area contributed by atoms with Gasteiger partial charge >= 0.3 is 0 Å². The van der Waals surface area contributed by atoms with E-state index >= 15 is 0 Å².